The van der Waals surface area contributed by atoms with E-state index in [0.29, 0.717) is 0 Å². The average molecular weight is 620 g/mol. The van der Waals surface area contributed by atoms with Crippen molar-refractivity contribution in [3.05, 3.63) is 22.9 Å². The molecule has 0 aliphatic rings. The molecule has 204 valence electrons. The molecule has 0 bridgehead atoms. The van der Waals surface area contributed by atoms with Gasteiger partial charge in [-0.3, -0.25) is 0 Å². The van der Waals surface area contributed by atoms with E-state index in [1.807, 2.05) is 0 Å². The van der Waals surface area contributed by atoms with Crippen molar-refractivity contribution in [2.45, 2.75) is 54.1 Å². The number of pyridine rings is 1. The Morgan fingerprint density at radius 3 is 1.43 bits per heavy atom. The molecule has 0 amide bonds. The van der Waals surface area contributed by atoms with Crippen molar-refractivity contribution in [3.8, 4) is 5.75 Å². The van der Waals surface area contributed by atoms with Crippen molar-refractivity contribution in [2.75, 3.05) is 6.61 Å². The summed E-state index contributed by atoms with van der Waals surface area (Å²) in [4.78, 5) is 3.44. The van der Waals surface area contributed by atoms with Crippen LogP contribution in [-0.2, 0) is 0 Å². The van der Waals surface area contributed by atoms with E-state index < -0.39 is 66.4 Å². The molecule has 35 heavy (non-hydrogen) atoms. The number of nitrogens with zero attached hydrogens (tertiary/aromatic N) is 1. The van der Waals surface area contributed by atoms with Gasteiger partial charge in [0.05, 0.1) is 13.0 Å². The number of halogens is 18. The third-order valence-corrected chi connectivity index (χ3v) is 4.78. The molecule has 20 heteroatoms. The summed E-state index contributed by atoms with van der Waals surface area (Å²) in [6.45, 7) is -1.74. The molecule has 1 aromatic heterocycles. The zero-order valence-electron chi connectivity index (χ0n) is 15.8. The second kappa shape index (κ2) is 8.97. The van der Waals surface area contributed by atoms with Crippen LogP contribution in [0.5, 0.6) is 5.75 Å². The van der Waals surface area contributed by atoms with Gasteiger partial charge in [0.15, 0.2) is 5.75 Å². The van der Waals surface area contributed by atoms with E-state index in [9.17, 15) is 74.6 Å². The molecule has 0 saturated heterocycles. The second-order valence-corrected chi connectivity index (χ2v) is 7.29. The van der Waals surface area contributed by atoms with Crippen LogP contribution in [0, 0.1) is 0 Å². The Morgan fingerprint density at radius 1 is 0.629 bits per heavy atom. The first-order valence-electron chi connectivity index (χ1n) is 8.19. The summed E-state index contributed by atoms with van der Waals surface area (Å²) in [5.41, 5.74) is 0. The largest absolute Gasteiger partial charge is 0.491 e. The monoisotopic (exact) mass is 619 g/mol. The third-order valence-electron chi connectivity index (χ3n) is 4.19. The fourth-order valence-corrected chi connectivity index (χ4v) is 2.49. The lowest BCUT2D eigenvalue weighted by molar-refractivity contribution is -0.461. The van der Waals surface area contributed by atoms with Gasteiger partial charge in [0.1, 0.15) is 4.60 Å². The Bertz CT molecular complexity index is 898. The van der Waals surface area contributed by atoms with Crippen molar-refractivity contribution in [1.82, 2.24) is 4.98 Å². The highest BCUT2D eigenvalue weighted by molar-refractivity contribution is 9.10. The molecule has 2 nitrogen and oxygen atoms in total. The van der Waals surface area contributed by atoms with E-state index in [1.54, 1.807) is 0 Å². The highest BCUT2D eigenvalue weighted by Gasteiger charge is 2.95. The Kier molecular flexibility index (Phi) is 8.01. The van der Waals surface area contributed by atoms with E-state index in [2.05, 4.69) is 25.7 Å². The van der Waals surface area contributed by atoms with Crippen molar-refractivity contribution in [3.63, 3.8) is 0 Å². The maximum Gasteiger partial charge on any atom is 0.460 e. The van der Waals surface area contributed by atoms with Crippen LogP contribution < -0.4 is 4.74 Å². The summed E-state index contributed by atoms with van der Waals surface area (Å²) < 4.78 is 228. The standard InChI is InChI=1S/C15H7BrF17NO/c16-7-6(2-1-4-34-7)35-5-3-8(17,18)9(19,20)10(21,22)11(23,24)12(25,26)13(27,28)14(29,30)15(31,32)33/h1-2,4H,3,5H2. The maximum atomic E-state index is 13.7. The molecule has 0 aliphatic carbocycles. The summed E-state index contributed by atoms with van der Waals surface area (Å²) in [6.07, 6.45) is -9.40. The third kappa shape index (κ3) is 4.70. The molecular formula is C15H7BrF17NO. The molecule has 1 rings (SSSR count). The van der Waals surface area contributed by atoms with Crippen LogP contribution in [-0.4, -0.2) is 59.2 Å². The van der Waals surface area contributed by atoms with Gasteiger partial charge in [0.2, 0.25) is 0 Å². The molecule has 0 spiro atoms. The van der Waals surface area contributed by atoms with Gasteiger partial charge in [-0.25, -0.2) is 4.98 Å². The van der Waals surface area contributed by atoms with E-state index >= 15 is 0 Å². The molecule has 1 aromatic rings. The van der Waals surface area contributed by atoms with Crippen molar-refractivity contribution in [2.24, 2.45) is 0 Å². The highest BCUT2D eigenvalue weighted by Crippen LogP contribution is 2.64. The van der Waals surface area contributed by atoms with Crippen molar-refractivity contribution < 1.29 is 79.4 Å². The smallest absolute Gasteiger partial charge is 0.460 e. The van der Waals surface area contributed by atoms with Crippen LogP contribution in [0.15, 0.2) is 22.9 Å². The minimum absolute atomic E-state index is 0.278. The second-order valence-electron chi connectivity index (χ2n) is 6.54. The lowest BCUT2D eigenvalue weighted by atomic mass is 9.88. The number of rotatable bonds is 10. The van der Waals surface area contributed by atoms with Gasteiger partial charge in [-0.15, -0.1) is 0 Å². The lowest BCUT2D eigenvalue weighted by Crippen LogP contribution is -2.74. The van der Waals surface area contributed by atoms with E-state index in [1.165, 1.54) is 0 Å². The maximum absolute atomic E-state index is 13.7. The number of ether oxygens (including phenoxy) is 1. The SMILES string of the molecule is FC(F)(F)C(F)(F)C(F)(F)C(F)(F)C(F)(F)C(F)(F)C(F)(F)C(F)(F)CCOc1cccnc1Br. The normalized spacial score (nSPS) is 15.4. The minimum atomic E-state index is -8.64. The van der Waals surface area contributed by atoms with Crippen LogP contribution in [0.1, 0.15) is 6.42 Å². The lowest BCUT2D eigenvalue weighted by Gasteiger charge is -2.42. The summed E-state index contributed by atoms with van der Waals surface area (Å²) >= 11 is 2.66. The molecule has 0 aliphatic heterocycles. The molecule has 0 atom stereocenters. The van der Waals surface area contributed by atoms with Gasteiger partial charge in [0, 0.05) is 6.20 Å². The highest BCUT2D eigenvalue weighted by atomic mass is 79.9. The Balaban J connectivity index is 3.37. The molecule has 0 unspecified atom stereocenters. The van der Waals surface area contributed by atoms with E-state index in [0.717, 1.165) is 18.3 Å². The zero-order valence-corrected chi connectivity index (χ0v) is 17.4. The van der Waals surface area contributed by atoms with Gasteiger partial charge in [-0.05, 0) is 28.1 Å². The first-order valence-corrected chi connectivity index (χ1v) is 8.98. The van der Waals surface area contributed by atoms with Crippen LogP contribution in [0.25, 0.3) is 0 Å². The van der Waals surface area contributed by atoms with Gasteiger partial charge < -0.3 is 4.74 Å². The van der Waals surface area contributed by atoms with Gasteiger partial charge in [-0.2, -0.15) is 74.6 Å². The number of hydrogen-bond acceptors (Lipinski definition) is 2. The fraction of sp³-hybridized carbons (Fsp3) is 0.667. The zero-order chi connectivity index (χ0) is 28.1. The summed E-state index contributed by atoms with van der Waals surface area (Å²) in [6, 6.07) is 2.00. The fourth-order valence-electron chi connectivity index (χ4n) is 2.12. The average Bonchev–Trinajstić information content (AvgIpc) is 2.67. The molecule has 0 fully saturated rings. The Hall–Kier alpha value is -1.76. The molecule has 0 N–H and O–H groups in total. The topological polar surface area (TPSA) is 22.1 Å². The molecule has 1 heterocycles. The Morgan fingerprint density at radius 2 is 1.03 bits per heavy atom. The quantitative estimate of drug-likeness (QED) is 0.199. The number of hydrogen-bond donors (Lipinski definition) is 0. The van der Waals surface area contributed by atoms with Gasteiger partial charge in [-0.1, -0.05) is 0 Å². The summed E-state index contributed by atoms with van der Waals surface area (Å²) in [5.74, 6) is -57.0. The van der Waals surface area contributed by atoms with Crippen LogP contribution in [0.2, 0.25) is 0 Å². The Labute approximate surface area is 190 Å². The first kappa shape index (κ1) is 31.3. The van der Waals surface area contributed by atoms with Crippen LogP contribution >= 0.6 is 15.9 Å². The predicted molar refractivity (Wildman–Crippen MR) is 82.7 cm³/mol. The van der Waals surface area contributed by atoms with Gasteiger partial charge in [0.25, 0.3) is 0 Å². The van der Waals surface area contributed by atoms with E-state index in [4.69, 9.17) is 0 Å². The van der Waals surface area contributed by atoms with Crippen molar-refractivity contribution in [1.29, 1.82) is 0 Å². The number of alkyl halides is 17. The predicted octanol–water partition coefficient (Wildman–Crippen LogP) is 7.62. The summed E-state index contributed by atoms with van der Waals surface area (Å²) in [5, 5.41) is 0. The minimum Gasteiger partial charge on any atom is -0.491 e. The van der Waals surface area contributed by atoms with Gasteiger partial charge >= 0.3 is 47.6 Å². The molecule has 0 radical (unpaired) electrons. The number of aromatic nitrogens is 1. The summed E-state index contributed by atoms with van der Waals surface area (Å²) in [7, 11) is 0. The first-order chi connectivity index (χ1) is 15.2. The molecule has 0 aromatic carbocycles. The van der Waals surface area contributed by atoms with Crippen molar-refractivity contribution >= 4 is 15.9 Å². The van der Waals surface area contributed by atoms with Crippen LogP contribution in [0.4, 0.5) is 74.6 Å². The molecular weight excluding hydrogens is 613 g/mol. The van der Waals surface area contributed by atoms with Crippen LogP contribution in [0.3, 0.4) is 0 Å². The van der Waals surface area contributed by atoms with E-state index in [-0.39, 0.29) is 4.60 Å². The molecule has 0 saturated carbocycles.